The summed E-state index contributed by atoms with van der Waals surface area (Å²) in [5.74, 6) is 1.36. The molecule has 1 N–H and O–H groups in total. The summed E-state index contributed by atoms with van der Waals surface area (Å²) in [4.78, 5) is 10.4. The van der Waals surface area contributed by atoms with Gasteiger partial charge in [-0.25, -0.2) is 0 Å². The van der Waals surface area contributed by atoms with Crippen LogP contribution in [0, 0.1) is 0 Å². The Morgan fingerprint density at radius 1 is 1.16 bits per heavy atom. The summed E-state index contributed by atoms with van der Waals surface area (Å²) < 4.78 is 0. The maximum absolute atomic E-state index is 10.4. The molecule has 0 saturated heterocycles. The molecule has 2 nitrogen and oxygen atoms in total. The van der Waals surface area contributed by atoms with Crippen LogP contribution in [-0.2, 0) is 16.0 Å². The van der Waals surface area contributed by atoms with Gasteiger partial charge in [-0.1, -0.05) is 45.0 Å². The zero-order chi connectivity index (χ0) is 14.3. The van der Waals surface area contributed by atoms with E-state index in [1.807, 2.05) is 11.8 Å². The van der Waals surface area contributed by atoms with Gasteiger partial charge < -0.3 is 5.11 Å². The quantitative estimate of drug-likeness (QED) is 0.749. The first-order valence-electron chi connectivity index (χ1n) is 6.78. The maximum atomic E-state index is 10.4. The van der Waals surface area contributed by atoms with Crippen molar-refractivity contribution in [3.63, 3.8) is 0 Å². The molecule has 19 heavy (non-hydrogen) atoms. The molecule has 0 saturated carbocycles. The van der Waals surface area contributed by atoms with Crippen LogP contribution in [0.1, 0.15) is 51.2 Å². The molecule has 0 heterocycles. The van der Waals surface area contributed by atoms with Crippen LogP contribution < -0.4 is 0 Å². The lowest BCUT2D eigenvalue weighted by Crippen LogP contribution is -2.10. The second kappa shape index (κ2) is 7.59. The number of carboxylic acids is 1. The number of rotatable bonds is 7. The van der Waals surface area contributed by atoms with Gasteiger partial charge in [0.1, 0.15) is 0 Å². The van der Waals surface area contributed by atoms with Crippen molar-refractivity contribution in [2.75, 3.05) is 5.75 Å². The van der Waals surface area contributed by atoms with Gasteiger partial charge in [0.2, 0.25) is 0 Å². The van der Waals surface area contributed by atoms with Crippen LogP contribution >= 0.6 is 11.8 Å². The Hall–Kier alpha value is -0.960. The standard InChI is InChI=1S/C16H24O2S/c1-16(2,3)14-9-7-13(8-10-14)12-19-11-5-4-6-15(17)18/h7-10H,4-6,11-12H2,1-3H3,(H,17,18). The number of hydrogen-bond acceptors (Lipinski definition) is 2. The molecule has 0 spiro atoms. The molecule has 0 aliphatic carbocycles. The normalized spacial score (nSPS) is 11.5. The zero-order valence-electron chi connectivity index (χ0n) is 12.1. The monoisotopic (exact) mass is 280 g/mol. The minimum absolute atomic E-state index is 0.211. The van der Waals surface area contributed by atoms with Crippen molar-refractivity contribution < 1.29 is 9.90 Å². The average molecular weight is 280 g/mol. The van der Waals surface area contributed by atoms with Crippen molar-refractivity contribution in [1.82, 2.24) is 0 Å². The largest absolute Gasteiger partial charge is 0.481 e. The van der Waals surface area contributed by atoms with Crippen LogP contribution in [0.3, 0.4) is 0 Å². The highest BCUT2D eigenvalue weighted by Crippen LogP contribution is 2.23. The van der Waals surface area contributed by atoms with Crippen molar-refractivity contribution in [3.8, 4) is 0 Å². The second-order valence-electron chi connectivity index (χ2n) is 5.85. The van der Waals surface area contributed by atoms with E-state index in [2.05, 4.69) is 45.0 Å². The van der Waals surface area contributed by atoms with E-state index in [1.165, 1.54) is 11.1 Å². The first-order chi connectivity index (χ1) is 8.89. The maximum Gasteiger partial charge on any atom is 0.303 e. The summed E-state index contributed by atoms with van der Waals surface area (Å²) in [6.07, 6.45) is 2.06. The highest BCUT2D eigenvalue weighted by atomic mass is 32.2. The van der Waals surface area contributed by atoms with Crippen molar-refractivity contribution in [2.45, 2.75) is 51.2 Å². The number of carbonyl (C=O) groups is 1. The molecule has 0 aromatic heterocycles. The van der Waals surface area contributed by atoms with Gasteiger partial charge in [-0.05, 0) is 35.1 Å². The van der Waals surface area contributed by atoms with Gasteiger partial charge in [0.05, 0.1) is 0 Å². The summed E-state index contributed by atoms with van der Waals surface area (Å²) in [6, 6.07) is 8.82. The molecule has 0 radical (unpaired) electrons. The topological polar surface area (TPSA) is 37.3 Å². The van der Waals surface area contributed by atoms with E-state index >= 15 is 0 Å². The molecule has 0 bridgehead atoms. The minimum Gasteiger partial charge on any atom is -0.481 e. The number of hydrogen-bond donors (Lipinski definition) is 1. The van der Waals surface area contributed by atoms with Crippen LogP contribution in [0.4, 0.5) is 0 Å². The first-order valence-corrected chi connectivity index (χ1v) is 7.94. The molecule has 0 fully saturated rings. The van der Waals surface area contributed by atoms with Crippen LogP contribution in [-0.4, -0.2) is 16.8 Å². The van der Waals surface area contributed by atoms with Gasteiger partial charge in [-0.2, -0.15) is 11.8 Å². The Balaban J connectivity index is 2.25. The van der Waals surface area contributed by atoms with E-state index in [4.69, 9.17) is 5.11 Å². The fourth-order valence-corrected chi connectivity index (χ4v) is 2.75. The van der Waals surface area contributed by atoms with Crippen LogP contribution in [0.25, 0.3) is 0 Å². The molecule has 106 valence electrons. The van der Waals surface area contributed by atoms with E-state index in [1.54, 1.807) is 0 Å². The molecule has 1 rings (SSSR count). The third-order valence-corrected chi connectivity index (χ3v) is 4.13. The van der Waals surface area contributed by atoms with Crippen LogP contribution in [0.2, 0.25) is 0 Å². The van der Waals surface area contributed by atoms with Crippen molar-refractivity contribution in [3.05, 3.63) is 35.4 Å². The Morgan fingerprint density at radius 3 is 2.32 bits per heavy atom. The Bertz CT molecular complexity index is 390. The molecule has 3 heteroatoms. The highest BCUT2D eigenvalue weighted by molar-refractivity contribution is 7.98. The SMILES string of the molecule is CC(C)(C)c1ccc(CSCCCCC(=O)O)cc1. The molecule has 0 atom stereocenters. The van der Waals surface area contributed by atoms with E-state index in [0.29, 0.717) is 6.42 Å². The third-order valence-electron chi connectivity index (χ3n) is 3.02. The molecule has 1 aromatic carbocycles. The third kappa shape index (κ3) is 6.67. The first kappa shape index (κ1) is 16.1. The predicted octanol–water partition coefficient (Wildman–Crippen LogP) is 4.47. The van der Waals surface area contributed by atoms with Gasteiger partial charge in [-0.15, -0.1) is 0 Å². The van der Waals surface area contributed by atoms with E-state index in [0.717, 1.165) is 24.3 Å². The second-order valence-corrected chi connectivity index (χ2v) is 6.96. The number of aliphatic carboxylic acids is 1. The number of unbranched alkanes of at least 4 members (excludes halogenated alkanes) is 1. The van der Waals surface area contributed by atoms with Gasteiger partial charge >= 0.3 is 5.97 Å². The smallest absolute Gasteiger partial charge is 0.303 e. The lowest BCUT2D eigenvalue weighted by molar-refractivity contribution is -0.137. The molecular weight excluding hydrogens is 256 g/mol. The van der Waals surface area contributed by atoms with Crippen LogP contribution in [0.5, 0.6) is 0 Å². The van der Waals surface area contributed by atoms with Gasteiger partial charge in [-0.3, -0.25) is 4.79 Å². The Kier molecular flexibility index (Phi) is 6.43. The van der Waals surface area contributed by atoms with Crippen molar-refractivity contribution in [1.29, 1.82) is 0 Å². The van der Waals surface area contributed by atoms with Gasteiger partial charge in [0.15, 0.2) is 0 Å². The summed E-state index contributed by atoms with van der Waals surface area (Å²) >= 11 is 1.88. The lowest BCUT2D eigenvalue weighted by Gasteiger charge is -2.19. The predicted molar refractivity (Wildman–Crippen MR) is 82.8 cm³/mol. The Morgan fingerprint density at radius 2 is 1.79 bits per heavy atom. The average Bonchev–Trinajstić information content (AvgIpc) is 2.32. The van der Waals surface area contributed by atoms with E-state index < -0.39 is 5.97 Å². The zero-order valence-corrected chi connectivity index (χ0v) is 12.9. The molecule has 0 aliphatic rings. The van der Waals surface area contributed by atoms with Gasteiger partial charge in [0, 0.05) is 12.2 Å². The summed E-state index contributed by atoms with van der Waals surface area (Å²) in [5.41, 5.74) is 2.92. The van der Waals surface area contributed by atoms with Gasteiger partial charge in [0.25, 0.3) is 0 Å². The van der Waals surface area contributed by atoms with Crippen molar-refractivity contribution >= 4 is 17.7 Å². The fraction of sp³-hybridized carbons (Fsp3) is 0.562. The Labute approximate surface area is 120 Å². The van der Waals surface area contributed by atoms with Crippen molar-refractivity contribution in [2.24, 2.45) is 0 Å². The van der Waals surface area contributed by atoms with Crippen LogP contribution in [0.15, 0.2) is 24.3 Å². The highest BCUT2D eigenvalue weighted by Gasteiger charge is 2.12. The summed E-state index contributed by atoms with van der Waals surface area (Å²) in [5, 5.41) is 8.53. The summed E-state index contributed by atoms with van der Waals surface area (Å²) in [6.45, 7) is 6.66. The summed E-state index contributed by atoms with van der Waals surface area (Å²) in [7, 11) is 0. The molecule has 1 aromatic rings. The number of thioether (sulfide) groups is 1. The number of benzene rings is 1. The minimum atomic E-state index is -0.692. The molecule has 0 unspecified atom stereocenters. The molecular formula is C16H24O2S. The molecule has 0 amide bonds. The number of carboxylic acid groups (broad SMARTS) is 1. The van der Waals surface area contributed by atoms with E-state index in [9.17, 15) is 4.79 Å². The lowest BCUT2D eigenvalue weighted by atomic mass is 9.87. The van der Waals surface area contributed by atoms with E-state index in [-0.39, 0.29) is 5.41 Å². The fourth-order valence-electron chi connectivity index (χ4n) is 1.77. The molecule has 0 aliphatic heterocycles.